The molecular weight excluding hydrogens is 606 g/mol. The van der Waals surface area contributed by atoms with Crippen LogP contribution in [0.25, 0.3) is 0 Å². The molecule has 1 aromatic heterocycles. The van der Waals surface area contributed by atoms with Crippen molar-refractivity contribution >= 4 is 29.2 Å². The number of alkyl halides is 1. The molecule has 1 aliphatic carbocycles. The molecule has 1 saturated carbocycles. The molecule has 258 valence electrons. The molecule has 2 N–H and O–H groups in total. The van der Waals surface area contributed by atoms with Crippen molar-refractivity contribution in [1.82, 2.24) is 24.9 Å². The predicted octanol–water partition coefficient (Wildman–Crippen LogP) is 4.81. The molecule has 1 aliphatic heterocycles. The molecule has 2 unspecified atom stereocenters. The number of piperazine rings is 1. The Labute approximate surface area is 276 Å². The summed E-state index contributed by atoms with van der Waals surface area (Å²) in [7, 11) is 1.99. The van der Waals surface area contributed by atoms with Crippen molar-refractivity contribution in [2.24, 2.45) is 17.8 Å². The van der Waals surface area contributed by atoms with Crippen molar-refractivity contribution in [2.75, 3.05) is 38.5 Å². The Bertz CT molecular complexity index is 1400. The molecule has 0 bridgehead atoms. The van der Waals surface area contributed by atoms with Gasteiger partial charge in [0, 0.05) is 63.6 Å². The minimum Gasteiger partial charge on any atom is -0.344 e. The van der Waals surface area contributed by atoms with E-state index in [0.717, 1.165) is 13.1 Å². The third-order valence-electron chi connectivity index (χ3n) is 10.1. The average molecular weight is 657 g/mol. The van der Waals surface area contributed by atoms with Crippen LogP contribution >= 0.6 is 0 Å². The van der Waals surface area contributed by atoms with Crippen molar-refractivity contribution < 1.29 is 28.0 Å². The van der Waals surface area contributed by atoms with Gasteiger partial charge in [-0.1, -0.05) is 26.8 Å². The van der Waals surface area contributed by atoms with E-state index in [1.165, 1.54) is 12.1 Å². The molecule has 2 aliphatic rings. The number of benzene rings is 1. The quantitative estimate of drug-likeness (QED) is 0.299. The van der Waals surface area contributed by atoms with Crippen molar-refractivity contribution in [2.45, 2.75) is 90.9 Å². The van der Waals surface area contributed by atoms with Gasteiger partial charge in [-0.3, -0.25) is 23.9 Å². The van der Waals surface area contributed by atoms with Gasteiger partial charge in [0.25, 0.3) is 0 Å². The van der Waals surface area contributed by atoms with Crippen LogP contribution in [0.2, 0.25) is 0 Å². The lowest BCUT2D eigenvalue weighted by Gasteiger charge is -2.36. The third-order valence-corrected chi connectivity index (χ3v) is 10.1. The number of aryl methyl sites for hydroxylation is 1. The fourth-order valence-corrected chi connectivity index (χ4v) is 6.81. The second kappa shape index (κ2) is 16.4. The van der Waals surface area contributed by atoms with E-state index >= 15 is 4.39 Å². The Kier molecular flexibility index (Phi) is 12.6. The van der Waals surface area contributed by atoms with Gasteiger partial charge in [-0.15, -0.1) is 0 Å². The SMILES string of the molecule is CCC(=O)N[C@@H](C(=O)N1CCN(C)CC1)[C@@H](C)c1ccc(NC(=O)C(CC(=O)c2ccnn2CC)C(C)C2CCC(F)CC2)c(F)c1. The normalized spacial score (nSPS) is 21.4. The second-order valence-corrected chi connectivity index (χ2v) is 13.2. The first kappa shape index (κ1) is 36.2. The van der Waals surface area contributed by atoms with Gasteiger partial charge >= 0.3 is 0 Å². The topological polar surface area (TPSA) is 117 Å². The van der Waals surface area contributed by atoms with Crippen molar-refractivity contribution in [3.05, 3.63) is 47.5 Å². The van der Waals surface area contributed by atoms with E-state index in [9.17, 15) is 23.6 Å². The number of anilines is 1. The molecule has 4 rings (SSSR count). The van der Waals surface area contributed by atoms with E-state index in [0.29, 0.717) is 56.6 Å². The number of hydrogen-bond donors (Lipinski definition) is 2. The summed E-state index contributed by atoms with van der Waals surface area (Å²) in [5, 5.41) is 9.74. The highest BCUT2D eigenvalue weighted by atomic mass is 19.1. The highest BCUT2D eigenvalue weighted by Crippen LogP contribution is 2.37. The zero-order valence-corrected chi connectivity index (χ0v) is 28.3. The molecule has 0 spiro atoms. The van der Waals surface area contributed by atoms with Crippen LogP contribution in [0.15, 0.2) is 30.5 Å². The van der Waals surface area contributed by atoms with E-state index < -0.39 is 35.8 Å². The van der Waals surface area contributed by atoms with Gasteiger partial charge < -0.3 is 20.4 Å². The van der Waals surface area contributed by atoms with E-state index in [4.69, 9.17) is 0 Å². The lowest BCUT2D eigenvalue weighted by Crippen LogP contribution is -2.55. The summed E-state index contributed by atoms with van der Waals surface area (Å²) >= 11 is 0. The van der Waals surface area contributed by atoms with E-state index in [1.807, 2.05) is 20.9 Å². The minimum absolute atomic E-state index is 0.0406. The van der Waals surface area contributed by atoms with Gasteiger partial charge in [0.2, 0.25) is 17.7 Å². The first-order valence-electron chi connectivity index (χ1n) is 17.0. The number of nitrogens with one attached hydrogen (secondary N) is 2. The third kappa shape index (κ3) is 9.03. The molecule has 2 aromatic rings. The summed E-state index contributed by atoms with van der Waals surface area (Å²) in [5.74, 6) is -3.37. The van der Waals surface area contributed by atoms with E-state index in [-0.39, 0.29) is 48.0 Å². The number of rotatable bonds is 13. The number of nitrogens with zero attached hydrogens (tertiary/aromatic N) is 4. The monoisotopic (exact) mass is 656 g/mol. The van der Waals surface area contributed by atoms with Crippen molar-refractivity contribution in [1.29, 1.82) is 0 Å². The lowest BCUT2D eigenvalue weighted by molar-refractivity contribution is -0.138. The first-order valence-corrected chi connectivity index (χ1v) is 17.0. The summed E-state index contributed by atoms with van der Waals surface area (Å²) in [6, 6.07) is 5.15. The molecule has 0 radical (unpaired) electrons. The molecular formula is C35H50F2N6O4. The van der Waals surface area contributed by atoms with Gasteiger partial charge in [0.1, 0.15) is 23.7 Å². The fourth-order valence-electron chi connectivity index (χ4n) is 6.81. The minimum atomic E-state index is -0.877. The highest BCUT2D eigenvalue weighted by molar-refractivity contribution is 6.00. The van der Waals surface area contributed by atoms with Gasteiger partial charge in [-0.25, -0.2) is 8.78 Å². The summed E-state index contributed by atoms with van der Waals surface area (Å²) < 4.78 is 31.2. The van der Waals surface area contributed by atoms with Crippen LogP contribution in [0.1, 0.15) is 88.2 Å². The second-order valence-electron chi connectivity index (χ2n) is 13.2. The fraction of sp³-hybridized carbons (Fsp3) is 0.629. The number of halogens is 2. The molecule has 1 saturated heterocycles. The van der Waals surface area contributed by atoms with Crippen LogP contribution in [0, 0.1) is 23.6 Å². The number of hydrogen-bond acceptors (Lipinski definition) is 6. The molecule has 1 aromatic carbocycles. The molecule has 10 nitrogen and oxygen atoms in total. The van der Waals surface area contributed by atoms with Crippen LogP contribution < -0.4 is 10.6 Å². The number of likely N-dealkylation sites (N-methyl/N-ethyl adjacent to an activating group) is 1. The number of Topliss-reactive ketones (excluding diaryl/α,β-unsaturated/α-hetero) is 1. The zero-order chi connectivity index (χ0) is 34.2. The predicted molar refractivity (Wildman–Crippen MR) is 176 cm³/mol. The summed E-state index contributed by atoms with van der Waals surface area (Å²) in [6.45, 7) is 10.3. The maximum absolute atomic E-state index is 15.7. The smallest absolute Gasteiger partial charge is 0.245 e. The Balaban J connectivity index is 1.53. The number of aromatic nitrogens is 2. The maximum atomic E-state index is 15.7. The molecule has 2 heterocycles. The Morgan fingerprint density at radius 3 is 2.30 bits per heavy atom. The van der Waals surface area contributed by atoms with Crippen LogP contribution in [0.4, 0.5) is 14.5 Å². The summed E-state index contributed by atoms with van der Waals surface area (Å²) in [4.78, 5) is 57.0. The summed E-state index contributed by atoms with van der Waals surface area (Å²) in [5.41, 5.74) is 0.867. The number of carbonyl (C=O) groups is 4. The van der Waals surface area contributed by atoms with Crippen molar-refractivity contribution in [3.8, 4) is 0 Å². The van der Waals surface area contributed by atoms with E-state index in [2.05, 4.69) is 20.6 Å². The van der Waals surface area contributed by atoms with Crippen LogP contribution in [0.3, 0.4) is 0 Å². The molecule has 47 heavy (non-hydrogen) atoms. The number of ketones is 1. The van der Waals surface area contributed by atoms with Gasteiger partial charge in [-0.05, 0) is 75.3 Å². The maximum Gasteiger partial charge on any atom is 0.245 e. The number of carbonyl (C=O) groups excluding carboxylic acids is 4. The highest BCUT2D eigenvalue weighted by Gasteiger charge is 2.37. The molecule has 3 amide bonds. The average Bonchev–Trinajstić information content (AvgIpc) is 3.56. The zero-order valence-electron chi connectivity index (χ0n) is 28.3. The Morgan fingerprint density at radius 2 is 1.68 bits per heavy atom. The number of amides is 3. The van der Waals surface area contributed by atoms with Gasteiger partial charge in [0.15, 0.2) is 5.78 Å². The first-order chi connectivity index (χ1) is 22.4. The largest absolute Gasteiger partial charge is 0.344 e. The van der Waals surface area contributed by atoms with Gasteiger partial charge in [-0.2, -0.15) is 5.10 Å². The van der Waals surface area contributed by atoms with Crippen molar-refractivity contribution in [3.63, 3.8) is 0 Å². The summed E-state index contributed by atoms with van der Waals surface area (Å²) in [6.07, 6.45) is 2.90. The Morgan fingerprint density at radius 1 is 1.00 bits per heavy atom. The van der Waals surface area contributed by atoms with Crippen LogP contribution in [-0.2, 0) is 20.9 Å². The van der Waals surface area contributed by atoms with Crippen LogP contribution in [-0.4, -0.2) is 88.5 Å². The van der Waals surface area contributed by atoms with Crippen LogP contribution in [0.5, 0.6) is 0 Å². The van der Waals surface area contributed by atoms with E-state index in [1.54, 1.807) is 41.8 Å². The molecule has 4 atom stereocenters. The Hall–Kier alpha value is -3.67. The standard InChI is InChI=1S/C35H50F2N6O4/c1-6-32(45)40-33(35(47)42-18-16-41(5)17-19-42)23(4)25-10-13-29(28(37)20-25)39-34(46)27(22(3)24-8-11-26(36)12-9-24)21-31(44)30-14-15-38-43(30)7-2/h10,13-15,20,22-24,26-27,33H,6-9,11-12,16-19,21H2,1-5H3,(H,39,46)(H,40,45)/t22?,23-,24?,26?,27?,33+/m0/s1. The van der Waals surface area contributed by atoms with Gasteiger partial charge in [0.05, 0.1) is 5.69 Å². The molecule has 12 heteroatoms. The lowest BCUT2D eigenvalue weighted by atomic mass is 9.73. The molecule has 2 fully saturated rings.